The fraction of sp³-hybridized carbons (Fsp3) is 0.375. The highest BCUT2D eigenvalue weighted by Crippen LogP contribution is 2.28. The number of benzene rings is 1. The summed E-state index contributed by atoms with van der Waals surface area (Å²) < 4.78 is 29.0. The van der Waals surface area contributed by atoms with Gasteiger partial charge in [0, 0.05) is 37.6 Å². The zero-order chi connectivity index (χ0) is 17.0. The Hall–Kier alpha value is -2.19. The monoisotopic (exact) mass is 348 g/mol. The topological polar surface area (TPSA) is 93.1 Å². The van der Waals surface area contributed by atoms with Crippen molar-refractivity contribution in [2.24, 2.45) is 5.92 Å². The largest absolute Gasteiger partial charge is 0.350 e. The van der Waals surface area contributed by atoms with Crippen LogP contribution in [0.25, 0.3) is 0 Å². The minimum atomic E-state index is -3.57. The summed E-state index contributed by atoms with van der Waals surface area (Å²) in [7, 11) is -3.57. The number of nitrogens with one attached hydrogen (secondary N) is 2. The first kappa shape index (κ1) is 16.7. The Labute approximate surface area is 141 Å². The molecule has 128 valence electrons. The Bertz CT molecular complexity index is 798. The molecule has 1 heterocycles. The summed E-state index contributed by atoms with van der Waals surface area (Å²) in [5.41, 5.74) is 0.329. The van der Waals surface area contributed by atoms with Gasteiger partial charge in [0.2, 0.25) is 10.0 Å². The van der Waals surface area contributed by atoms with Crippen molar-refractivity contribution in [2.45, 2.75) is 24.3 Å². The van der Waals surface area contributed by atoms with Gasteiger partial charge in [-0.2, -0.15) is 0 Å². The first-order valence-electron chi connectivity index (χ1n) is 7.88. The Morgan fingerprint density at radius 2 is 2.17 bits per heavy atom. The van der Waals surface area contributed by atoms with Crippen LogP contribution in [0.4, 0.5) is 0 Å². The molecule has 8 heteroatoms. The zero-order valence-electron chi connectivity index (χ0n) is 13.2. The number of nitrogens with zero attached hydrogens (tertiary/aromatic N) is 2. The van der Waals surface area contributed by atoms with Crippen LogP contribution in [0.3, 0.4) is 0 Å². The number of aromatic nitrogens is 2. The van der Waals surface area contributed by atoms with Crippen LogP contribution in [0.15, 0.2) is 47.9 Å². The average molecular weight is 348 g/mol. The minimum Gasteiger partial charge on any atom is -0.350 e. The SMILES string of the molecule is O=C(NCCn1ccnc1)c1cccc(S(=O)(=O)NCC2CC2)c1. The van der Waals surface area contributed by atoms with Gasteiger partial charge >= 0.3 is 0 Å². The minimum absolute atomic E-state index is 0.116. The molecule has 24 heavy (non-hydrogen) atoms. The lowest BCUT2D eigenvalue weighted by Gasteiger charge is -2.09. The van der Waals surface area contributed by atoms with Crippen molar-refractivity contribution >= 4 is 15.9 Å². The molecule has 7 nitrogen and oxygen atoms in total. The molecule has 0 spiro atoms. The lowest BCUT2D eigenvalue weighted by atomic mass is 10.2. The number of hydrogen-bond acceptors (Lipinski definition) is 4. The summed E-state index contributed by atoms with van der Waals surface area (Å²) in [5.74, 6) is 0.156. The Morgan fingerprint density at radius 1 is 1.33 bits per heavy atom. The van der Waals surface area contributed by atoms with E-state index in [2.05, 4.69) is 15.0 Å². The van der Waals surface area contributed by atoms with E-state index in [0.29, 0.717) is 31.1 Å². The molecule has 3 rings (SSSR count). The highest BCUT2D eigenvalue weighted by Gasteiger charge is 2.24. The van der Waals surface area contributed by atoms with Crippen LogP contribution < -0.4 is 10.0 Å². The van der Waals surface area contributed by atoms with Crippen LogP contribution in [0.2, 0.25) is 0 Å². The summed E-state index contributed by atoms with van der Waals surface area (Å²) in [5, 5.41) is 2.77. The van der Waals surface area contributed by atoms with Crippen LogP contribution >= 0.6 is 0 Å². The maximum absolute atomic E-state index is 12.3. The molecule has 0 saturated heterocycles. The van der Waals surface area contributed by atoms with Gasteiger partial charge in [0.15, 0.2) is 0 Å². The maximum Gasteiger partial charge on any atom is 0.251 e. The van der Waals surface area contributed by atoms with Gasteiger partial charge in [-0.1, -0.05) is 6.07 Å². The third-order valence-corrected chi connectivity index (χ3v) is 5.30. The second-order valence-electron chi connectivity index (χ2n) is 5.88. The average Bonchev–Trinajstić information content (AvgIpc) is 3.28. The van der Waals surface area contributed by atoms with Crippen molar-refractivity contribution in [2.75, 3.05) is 13.1 Å². The van der Waals surface area contributed by atoms with Crippen molar-refractivity contribution in [3.8, 4) is 0 Å². The van der Waals surface area contributed by atoms with Crippen LogP contribution in [-0.2, 0) is 16.6 Å². The lowest BCUT2D eigenvalue weighted by Crippen LogP contribution is -2.28. The van der Waals surface area contributed by atoms with Crippen LogP contribution in [0.5, 0.6) is 0 Å². The number of rotatable bonds is 8. The molecule has 1 aliphatic rings. The molecule has 1 aromatic heterocycles. The summed E-state index contributed by atoms with van der Waals surface area (Å²) in [6.07, 6.45) is 7.30. The number of carbonyl (C=O) groups excluding carboxylic acids is 1. The highest BCUT2D eigenvalue weighted by atomic mass is 32.2. The summed E-state index contributed by atoms with van der Waals surface area (Å²) >= 11 is 0. The van der Waals surface area contributed by atoms with Gasteiger partial charge in [-0.3, -0.25) is 4.79 Å². The van der Waals surface area contributed by atoms with Crippen LogP contribution in [0.1, 0.15) is 23.2 Å². The predicted molar refractivity (Wildman–Crippen MR) is 88.9 cm³/mol. The van der Waals surface area contributed by atoms with E-state index in [1.165, 1.54) is 12.1 Å². The van der Waals surface area contributed by atoms with E-state index >= 15 is 0 Å². The van der Waals surface area contributed by atoms with Crippen molar-refractivity contribution in [3.63, 3.8) is 0 Å². The summed E-state index contributed by atoms with van der Waals surface area (Å²) in [6, 6.07) is 6.09. The van der Waals surface area contributed by atoms with Gasteiger partial charge in [-0.25, -0.2) is 18.1 Å². The van der Waals surface area contributed by atoms with Gasteiger partial charge in [-0.05, 0) is 37.0 Å². The number of carbonyl (C=O) groups is 1. The molecule has 0 unspecified atom stereocenters. The number of hydrogen-bond donors (Lipinski definition) is 2. The van der Waals surface area contributed by atoms with Crippen molar-refractivity contribution in [3.05, 3.63) is 48.5 Å². The van der Waals surface area contributed by atoms with Gasteiger partial charge in [0.05, 0.1) is 11.2 Å². The van der Waals surface area contributed by atoms with Crippen molar-refractivity contribution in [1.29, 1.82) is 0 Å². The summed E-state index contributed by atoms with van der Waals surface area (Å²) in [4.78, 5) is 16.2. The second kappa shape index (κ2) is 7.14. The van der Waals surface area contributed by atoms with Gasteiger partial charge in [0.1, 0.15) is 0 Å². The third kappa shape index (κ3) is 4.42. The highest BCUT2D eigenvalue weighted by molar-refractivity contribution is 7.89. The van der Waals surface area contributed by atoms with Crippen molar-refractivity contribution in [1.82, 2.24) is 19.6 Å². The van der Waals surface area contributed by atoms with Gasteiger partial charge in [-0.15, -0.1) is 0 Å². The smallest absolute Gasteiger partial charge is 0.251 e. The molecule has 0 radical (unpaired) electrons. The molecule has 1 aromatic carbocycles. The third-order valence-electron chi connectivity index (χ3n) is 3.88. The first-order chi connectivity index (χ1) is 11.5. The molecule has 1 saturated carbocycles. The molecule has 2 aromatic rings. The number of imidazole rings is 1. The molecular formula is C16H20N4O3S. The van der Waals surface area contributed by atoms with Crippen LogP contribution in [-0.4, -0.2) is 37.0 Å². The number of amides is 1. The molecule has 1 amide bonds. The van der Waals surface area contributed by atoms with E-state index in [1.807, 2.05) is 10.8 Å². The molecule has 0 bridgehead atoms. The predicted octanol–water partition coefficient (Wildman–Crippen LogP) is 1.00. The standard InChI is InChI=1S/C16H20N4O3S/c21-16(18-7-9-20-8-6-17-12-20)14-2-1-3-15(10-14)24(22,23)19-11-13-4-5-13/h1-3,6,8,10,12-13,19H,4-5,7,9,11H2,(H,18,21). The molecule has 1 fully saturated rings. The van der Waals surface area contributed by atoms with Gasteiger partial charge < -0.3 is 9.88 Å². The molecule has 0 aliphatic heterocycles. The van der Waals surface area contributed by atoms with Crippen molar-refractivity contribution < 1.29 is 13.2 Å². The Morgan fingerprint density at radius 3 is 2.88 bits per heavy atom. The fourth-order valence-electron chi connectivity index (χ4n) is 2.26. The fourth-order valence-corrected chi connectivity index (χ4v) is 3.42. The first-order valence-corrected chi connectivity index (χ1v) is 9.36. The van der Waals surface area contributed by atoms with E-state index in [9.17, 15) is 13.2 Å². The number of sulfonamides is 1. The van der Waals surface area contributed by atoms with E-state index in [-0.39, 0.29) is 10.8 Å². The van der Waals surface area contributed by atoms with Gasteiger partial charge in [0.25, 0.3) is 5.91 Å². The molecule has 2 N–H and O–H groups in total. The van der Waals surface area contributed by atoms with E-state index in [1.54, 1.807) is 24.7 Å². The maximum atomic E-state index is 12.3. The Balaban J connectivity index is 1.59. The summed E-state index contributed by atoms with van der Waals surface area (Å²) in [6.45, 7) is 1.50. The van der Waals surface area contributed by atoms with E-state index in [4.69, 9.17) is 0 Å². The van der Waals surface area contributed by atoms with E-state index in [0.717, 1.165) is 12.8 Å². The molecular weight excluding hydrogens is 328 g/mol. The quantitative estimate of drug-likeness (QED) is 0.744. The van der Waals surface area contributed by atoms with Crippen LogP contribution in [0, 0.1) is 5.92 Å². The second-order valence-corrected chi connectivity index (χ2v) is 7.65. The lowest BCUT2D eigenvalue weighted by molar-refractivity contribution is 0.0952. The molecule has 1 aliphatic carbocycles. The zero-order valence-corrected chi connectivity index (χ0v) is 14.0. The normalized spacial score (nSPS) is 14.5. The molecule has 0 atom stereocenters. The Kier molecular flexibility index (Phi) is 4.96. The van der Waals surface area contributed by atoms with E-state index < -0.39 is 10.0 Å².